The topological polar surface area (TPSA) is 107 Å². The number of aliphatic carboxylic acids is 1. The number of carbonyl (C=O) groups is 1. The largest absolute Gasteiger partial charge is 0.479 e. The quantitative estimate of drug-likeness (QED) is 0.378. The van der Waals surface area contributed by atoms with Crippen molar-refractivity contribution in [1.82, 2.24) is 9.66 Å². The fraction of sp³-hybridized carbons (Fsp3) is 0.0769. The number of carboxylic acid groups (broad SMARTS) is 1. The van der Waals surface area contributed by atoms with Crippen LogP contribution < -0.4 is 10.3 Å². The van der Waals surface area contributed by atoms with E-state index in [1.54, 1.807) is 42.5 Å². The molecule has 0 fully saturated rings. The van der Waals surface area contributed by atoms with Crippen LogP contribution in [0.4, 0.5) is 0 Å². The minimum absolute atomic E-state index is 0.267. The highest BCUT2D eigenvalue weighted by molar-refractivity contribution is 5.85. The van der Waals surface area contributed by atoms with E-state index in [0.29, 0.717) is 33.6 Å². The van der Waals surface area contributed by atoms with E-state index < -0.39 is 12.1 Å². The van der Waals surface area contributed by atoms with Gasteiger partial charge in [-0.25, -0.2) is 9.78 Å². The molecule has 2 aromatic heterocycles. The normalized spacial score (nSPS) is 12.4. The lowest BCUT2D eigenvalue weighted by Gasteiger charge is -2.10. The summed E-state index contributed by atoms with van der Waals surface area (Å²) in [5.74, 6) is -0.0136. The maximum atomic E-state index is 13.3. The summed E-state index contributed by atoms with van der Waals surface area (Å²) in [6.45, 7) is 1.45. The number of aromatic nitrogens is 2. The lowest BCUT2D eigenvalue weighted by Crippen LogP contribution is -2.22. The second-order valence-corrected chi connectivity index (χ2v) is 7.63. The van der Waals surface area contributed by atoms with E-state index in [0.717, 1.165) is 5.39 Å². The molecule has 0 spiro atoms. The first-order valence-electron chi connectivity index (χ1n) is 10.5. The highest BCUT2D eigenvalue weighted by Crippen LogP contribution is 2.27. The molecule has 0 unspecified atom stereocenters. The molecule has 1 N–H and O–H groups in total. The molecular formula is C26H19N3O5. The Morgan fingerprint density at radius 3 is 2.71 bits per heavy atom. The van der Waals surface area contributed by atoms with Crippen LogP contribution in [0, 0.1) is 0 Å². The number of ether oxygens (including phenoxy) is 1. The Morgan fingerprint density at radius 1 is 1.09 bits per heavy atom. The number of carboxylic acids is 1. The van der Waals surface area contributed by atoms with Crippen LogP contribution in [0.5, 0.6) is 5.75 Å². The Hall–Kier alpha value is -4.72. The van der Waals surface area contributed by atoms with Gasteiger partial charge in [0.05, 0.1) is 17.1 Å². The van der Waals surface area contributed by atoms with Crippen LogP contribution in [0.3, 0.4) is 0 Å². The number of hydrogen-bond donors (Lipinski definition) is 1. The van der Waals surface area contributed by atoms with Crippen LogP contribution >= 0.6 is 0 Å². The van der Waals surface area contributed by atoms with Crippen molar-refractivity contribution in [2.24, 2.45) is 5.10 Å². The van der Waals surface area contributed by atoms with Crippen molar-refractivity contribution >= 4 is 34.1 Å². The lowest BCUT2D eigenvalue weighted by atomic mass is 10.2. The van der Waals surface area contributed by atoms with E-state index >= 15 is 0 Å². The highest BCUT2D eigenvalue weighted by atomic mass is 16.5. The average Bonchev–Trinajstić information content (AvgIpc) is 3.28. The SMILES string of the molecule is C[C@H](Oc1cccc(C=Nn2c(-c3cc4ccccc4o3)nc3ccccc3c2=O)c1)C(=O)O. The molecule has 0 bridgehead atoms. The number of benzene rings is 3. The Bertz CT molecular complexity index is 1580. The van der Waals surface area contributed by atoms with E-state index in [1.807, 2.05) is 36.4 Å². The van der Waals surface area contributed by atoms with Gasteiger partial charge in [0.25, 0.3) is 5.56 Å². The van der Waals surface area contributed by atoms with Crippen molar-refractivity contribution in [3.63, 3.8) is 0 Å². The van der Waals surface area contributed by atoms with Gasteiger partial charge in [0.2, 0.25) is 5.82 Å². The summed E-state index contributed by atoms with van der Waals surface area (Å²) >= 11 is 0. The first-order valence-corrected chi connectivity index (χ1v) is 10.5. The molecule has 1 atom stereocenters. The van der Waals surface area contributed by atoms with Gasteiger partial charge in [-0.15, -0.1) is 0 Å². The minimum atomic E-state index is -1.07. The van der Waals surface area contributed by atoms with Gasteiger partial charge < -0.3 is 14.3 Å². The van der Waals surface area contributed by atoms with Gasteiger partial charge >= 0.3 is 5.97 Å². The molecule has 8 heteroatoms. The zero-order valence-electron chi connectivity index (χ0n) is 18.1. The Labute approximate surface area is 193 Å². The number of nitrogens with zero attached hydrogens (tertiary/aromatic N) is 3. The third-order valence-electron chi connectivity index (χ3n) is 5.24. The summed E-state index contributed by atoms with van der Waals surface area (Å²) in [6, 6.07) is 23.2. The molecule has 0 radical (unpaired) electrons. The van der Waals surface area contributed by atoms with Crippen LogP contribution in [0.2, 0.25) is 0 Å². The number of para-hydroxylation sites is 2. The van der Waals surface area contributed by atoms with E-state index in [9.17, 15) is 9.59 Å². The third-order valence-corrected chi connectivity index (χ3v) is 5.24. The van der Waals surface area contributed by atoms with Gasteiger partial charge in [-0.3, -0.25) is 4.79 Å². The molecule has 3 aromatic carbocycles. The predicted octanol–water partition coefficient (Wildman–Crippen LogP) is 4.54. The molecule has 0 aliphatic rings. The second kappa shape index (κ2) is 8.67. The molecule has 2 heterocycles. The molecule has 34 heavy (non-hydrogen) atoms. The molecule has 8 nitrogen and oxygen atoms in total. The molecule has 168 valence electrons. The number of rotatable bonds is 6. The van der Waals surface area contributed by atoms with Gasteiger partial charge in [-0.1, -0.05) is 42.5 Å². The zero-order valence-corrected chi connectivity index (χ0v) is 18.1. The first kappa shape index (κ1) is 21.1. The van der Waals surface area contributed by atoms with E-state index in [-0.39, 0.29) is 11.4 Å². The minimum Gasteiger partial charge on any atom is -0.479 e. The number of furan rings is 1. The molecule has 0 saturated carbocycles. The van der Waals surface area contributed by atoms with Gasteiger partial charge in [0.1, 0.15) is 11.3 Å². The average molecular weight is 453 g/mol. The van der Waals surface area contributed by atoms with Crippen molar-refractivity contribution in [3.05, 3.63) is 94.8 Å². The van der Waals surface area contributed by atoms with Gasteiger partial charge in [-0.05, 0) is 48.9 Å². The van der Waals surface area contributed by atoms with Gasteiger partial charge in [0.15, 0.2) is 11.9 Å². The van der Waals surface area contributed by atoms with Gasteiger partial charge in [0, 0.05) is 5.39 Å². The van der Waals surface area contributed by atoms with Crippen LogP contribution in [-0.2, 0) is 4.79 Å². The van der Waals surface area contributed by atoms with Crippen molar-refractivity contribution in [2.45, 2.75) is 13.0 Å². The predicted molar refractivity (Wildman–Crippen MR) is 128 cm³/mol. The smallest absolute Gasteiger partial charge is 0.344 e. The fourth-order valence-corrected chi connectivity index (χ4v) is 3.53. The molecule has 0 saturated heterocycles. The maximum absolute atomic E-state index is 13.3. The van der Waals surface area contributed by atoms with E-state index in [2.05, 4.69) is 10.1 Å². The number of hydrogen-bond acceptors (Lipinski definition) is 6. The summed E-state index contributed by atoms with van der Waals surface area (Å²) in [4.78, 5) is 29.1. The Kier molecular flexibility index (Phi) is 5.39. The summed E-state index contributed by atoms with van der Waals surface area (Å²) in [5.41, 5.74) is 1.48. The zero-order chi connectivity index (χ0) is 23.7. The second-order valence-electron chi connectivity index (χ2n) is 7.63. The van der Waals surface area contributed by atoms with Crippen LogP contribution in [-0.4, -0.2) is 33.1 Å². The molecule has 5 aromatic rings. The monoisotopic (exact) mass is 453 g/mol. The standard InChI is InChI=1S/C26H19N3O5/c1-16(26(31)32)33-19-9-6-7-17(13-19)15-27-29-24(23-14-18-8-2-5-12-22(18)34-23)28-21-11-4-3-10-20(21)25(29)30/h2-16H,1H3,(H,31,32)/t16-/m0/s1. The molecule has 0 aliphatic carbocycles. The van der Waals surface area contributed by atoms with E-state index in [1.165, 1.54) is 17.8 Å². The van der Waals surface area contributed by atoms with Crippen molar-refractivity contribution in [2.75, 3.05) is 0 Å². The molecule has 0 amide bonds. The van der Waals surface area contributed by atoms with Crippen molar-refractivity contribution in [1.29, 1.82) is 0 Å². The fourth-order valence-electron chi connectivity index (χ4n) is 3.53. The maximum Gasteiger partial charge on any atom is 0.344 e. The number of fused-ring (bicyclic) bond motifs is 2. The molecule has 5 rings (SSSR count). The van der Waals surface area contributed by atoms with Crippen molar-refractivity contribution in [3.8, 4) is 17.3 Å². The summed E-state index contributed by atoms with van der Waals surface area (Å²) in [6.07, 6.45) is 0.488. The van der Waals surface area contributed by atoms with Crippen LogP contribution in [0.1, 0.15) is 12.5 Å². The van der Waals surface area contributed by atoms with Gasteiger partial charge in [-0.2, -0.15) is 9.78 Å². The Morgan fingerprint density at radius 2 is 1.88 bits per heavy atom. The highest BCUT2D eigenvalue weighted by Gasteiger charge is 2.16. The lowest BCUT2D eigenvalue weighted by molar-refractivity contribution is -0.144. The van der Waals surface area contributed by atoms with Crippen molar-refractivity contribution < 1.29 is 19.1 Å². The Balaban J connectivity index is 1.61. The molecular weight excluding hydrogens is 434 g/mol. The summed E-state index contributed by atoms with van der Waals surface area (Å²) < 4.78 is 12.6. The van der Waals surface area contributed by atoms with Crippen LogP contribution in [0.25, 0.3) is 33.5 Å². The summed E-state index contributed by atoms with van der Waals surface area (Å²) in [7, 11) is 0. The molecule has 0 aliphatic heterocycles. The third kappa shape index (κ3) is 4.04. The first-order chi connectivity index (χ1) is 16.5. The van der Waals surface area contributed by atoms with Crippen LogP contribution in [0.15, 0.2) is 93.2 Å². The van der Waals surface area contributed by atoms with E-state index in [4.69, 9.17) is 14.3 Å². The summed E-state index contributed by atoms with van der Waals surface area (Å²) in [5, 5.41) is 14.8.